The van der Waals surface area contributed by atoms with Gasteiger partial charge in [0.05, 0.1) is 25.1 Å². The summed E-state index contributed by atoms with van der Waals surface area (Å²) < 4.78 is 31.8. The molecule has 0 radical (unpaired) electrons. The molecule has 2 aromatic carbocycles. The number of halogens is 1. The van der Waals surface area contributed by atoms with Crippen LogP contribution < -0.4 is 14.4 Å². The predicted molar refractivity (Wildman–Crippen MR) is 117 cm³/mol. The molecule has 0 aromatic heterocycles. The lowest BCUT2D eigenvalue weighted by Crippen LogP contribution is -2.50. The molecule has 158 valence electrons. The monoisotopic (exact) mass is 438 g/mol. The van der Waals surface area contributed by atoms with Gasteiger partial charge >= 0.3 is 0 Å². The van der Waals surface area contributed by atoms with Crippen molar-refractivity contribution in [3.63, 3.8) is 0 Å². The molecule has 0 spiro atoms. The lowest BCUT2D eigenvalue weighted by atomic mass is 10.1. The Kier molecular flexibility index (Phi) is 7.54. The van der Waals surface area contributed by atoms with E-state index in [4.69, 9.17) is 16.3 Å². The van der Waals surface area contributed by atoms with E-state index in [0.29, 0.717) is 28.4 Å². The van der Waals surface area contributed by atoms with Crippen LogP contribution in [0, 0.1) is 6.92 Å². The van der Waals surface area contributed by atoms with E-state index in [2.05, 4.69) is 5.32 Å². The minimum atomic E-state index is -3.74. The number of amides is 1. The van der Waals surface area contributed by atoms with E-state index < -0.39 is 22.0 Å². The molecule has 2 rings (SSSR count). The third-order valence-electron chi connectivity index (χ3n) is 4.70. The Morgan fingerprint density at radius 3 is 2.48 bits per heavy atom. The molecule has 1 N–H and O–H groups in total. The van der Waals surface area contributed by atoms with Crippen LogP contribution in [0.4, 0.5) is 5.69 Å². The molecule has 8 heteroatoms. The van der Waals surface area contributed by atoms with E-state index in [1.54, 1.807) is 39.2 Å². The molecular formula is C21H27ClN2O4S. The molecule has 0 heterocycles. The maximum Gasteiger partial charge on any atom is 0.244 e. The zero-order valence-corrected chi connectivity index (χ0v) is 18.8. The highest BCUT2D eigenvalue weighted by atomic mass is 35.5. The number of hydrogen-bond acceptors (Lipinski definition) is 4. The predicted octanol–water partition coefficient (Wildman–Crippen LogP) is 4.08. The van der Waals surface area contributed by atoms with E-state index in [9.17, 15) is 13.2 Å². The molecule has 29 heavy (non-hydrogen) atoms. The van der Waals surface area contributed by atoms with E-state index in [1.807, 2.05) is 31.2 Å². The van der Waals surface area contributed by atoms with Gasteiger partial charge in [0.1, 0.15) is 11.8 Å². The summed E-state index contributed by atoms with van der Waals surface area (Å²) in [6, 6.07) is 11.1. The normalized spacial score (nSPS) is 13.4. The number of aryl methyl sites for hydroxylation is 1. The fourth-order valence-electron chi connectivity index (χ4n) is 3.27. The van der Waals surface area contributed by atoms with Crippen LogP contribution in [0.25, 0.3) is 0 Å². The summed E-state index contributed by atoms with van der Waals surface area (Å²) in [5.74, 6) is 0.259. The highest BCUT2D eigenvalue weighted by molar-refractivity contribution is 7.92. The number of carbonyl (C=O) groups excluding carboxylic acids is 1. The third-order valence-corrected chi connectivity index (χ3v) is 6.10. The maximum atomic E-state index is 13.1. The second kappa shape index (κ2) is 9.50. The van der Waals surface area contributed by atoms with E-state index >= 15 is 0 Å². The van der Waals surface area contributed by atoms with Gasteiger partial charge in [-0.25, -0.2) is 8.42 Å². The minimum Gasteiger partial charge on any atom is -0.496 e. The first-order chi connectivity index (χ1) is 13.6. The first kappa shape index (κ1) is 23.0. The van der Waals surface area contributed by atoms with Crippen molar-refractivity contribution in [2.75, 3.05) is 17.7 Å². The summed E-state index contributed by atoms with van der Waals surface area (Å²) in [6.45, 7) is 5.39. The molecule has 6 nitrogen and oxygen atoms in total. The summed E-state index contributed by atoms with van der Waals surface area (Å²) in [5.41, 5.74) is 1.92. The average molecular weight is 439 g/mol. The summed E-state index contributed by atoms with van der Waals surface area (Å²) in [5, 5.41) is 3.32. The van der Waals surface area contributed by atoms with Crippen molar-refractivity contribution >= 4 is 33.2 Å². The number of benzene rings is 2. The second-order valence-corrected chi connectivity index (χ2v) is 9.18. The maximum absolute atomic E-state index is 13.1. The molecule has 0 aliphatic heterocycles. The van der Waals surface area contributed by atoms with Crippen molar-refractivity contribution in [2.45, 2.75) is 39.3 Å². The van der Waals surface area contributed by atoms with Crippen LogP contribution in [-0.4, -0.2) is 33.7 Å². The number of rotatable bonds is 8. The first-order valence-corrected chi connectivity index (χ1v) is 11.5. The van der Waals surface area contributed by atoms with Crippen LogP contribution in [0.2, 0.25) is 5.02 Å². The standard InChI is InChI=1S/C21H27ClN2O4S/c1-6-18(21(25)23-15(3)17-9-7-8-10-20(17)28-4)24(29(5,26)27)19-13-16(22)12-11-14(19)2/h7-13,15,18H,6H2,1-5H3,(H,23,25)/t15-,18-/m0/s1. The molecule has 2 aromatic rings. The fraction of sp³-hybridized carbons (Fsp3) is 0.381. The van der Waals surface area contributed by atoms with Crippen molar-refractivity contribution in [1.82, 2.24) is 5.32 Å². The average Bonchev–Trinajstić information content (AvgIpc) is 2.66. The third kappa shape index (κ3) is 5.42. The number of carbonyl (C=O) groups is 1. The smallest absolute Gasteiger partial charge is 0.244 e. The van der Waals surface area contributed by atoms with Gasteiger partial charge in [0.15, 0.2) is 0 Å². The highest BCUT2D eigenvalue weighted by Crippen LogP contribution is 2.30. The largest absolute Gasteiger partial charge is 0.496 e. The molecule has 1 amide bonds. The Morgan fingerprint density at radius 2 is 1.90 bits per heavy atom. The van der Waals surface area contributed by atoms with Crippen LogP contribution in [0.1, 0.15) is 37.4 Å². The number of sulfonamides is 1. The molecule has 2 atom stereocenters. The SMILES string of the molecule is CC[C@@H](C(=O)N[C@@H](C)c1ccccc1OC)N(c1cc(Cl)ccc1C)S(C)(=O)=O. The van der Waals surface area contributed by atoms with Crippen molar-refractivity contribution < 1.29 is 17.9 Å². The molecule has 0 bridgehead atoms. The molecule has 0 aliphatic rings. The summed E-state index contributed by atoms with van der Waals surface area (Å²) in [6.07, 6.45) is 1.39. The van der Waals surface area contributed by atoms with Gasteiger partial charge in [-0.05, 0) is 44.0 Å². The Balaban J connectivity index is 2.40. The number of ether oxygens (including phenoxy) is 1. The lowest BCUT2D eigenvalue weighted by molar-refractivity contribution is -0.122. The van der Waals surface area contributed by atoms with E-state index in [1.165, 1.54) is 0 Å². The van der Waals surface area contributed by atoms with Crippen LogP contribution in [-0.2, 0) is 14.8 Å². The summed E-state index contributed by atoms with van der Waals surface area (Å²) >= 11 is 6.10. The minimum absolute atomic E-state index is 0.295. The van der Waals surface area contributed by atoms with Gasteiger partial charge < -0.3 is 10.1 Å². The summed E-state index contributed by atoms with van der Waals surface area (Å²) in [7, 11) is -2.17. The molecule has 0 saturated carbocycles. The van der Waals surface area contributed by atoms with Crippen molar-refractivity contribution in [3.8, 4) is 5.75 Å². The molecular weight excluding hydrogens is 412 g/mol. The summed E-state index contributed by atoms with van der Waals surface area (Å²) in [4.78, 5) is 13.1. The van der Waals surface area contributed by atoms with Crippen molar-refractivity contribution in [2.24, 2.45) is 0 Å². The Labute approximate surface area is 177 Å². The van der Waals surface area contributed by atoms with Crippen molar-refractivity contribution in [3.05, 3.63) is 58.6 Å². The molecule has 0 unspecified atom stereocenters. The highest BCUT2D eigenvalue weighted by Gasteiger charge is 2.33. The number of hydrogen-bond donors (Lipinski definition) is 1. The van der Waals surface area contributed by atoms with Crippen molar-refractivity contribution in [1.29, 1.82) is 0 Å². The molecule has 0 fully saturated rings. The molecule has 0 saturated heterocycles. The zero-order valence-electron chi connectivity index (χ0n) is 17.3. The first-order valence-electron chi connectivity index (χ1n) is 9.29. The lowest BCUT2D eigenvalue weighted by Gasteiger charge is -2.32. The zero-order chi connectivity index (χ0) is 21.8. The van der Waals surface area contributed by atoms with Gasteiger partial charge in [-0.15, -0.1) is 0 Å². The number of anilines is 1. The van der Waals surface area contributed by atoms with Crippen LogP contribution in [0.5, 0.6) is 5.75 Å². The fourth-order valence-corrected chi connectivity index (χ4v) is 4.69. The van der Waals surface area contributed by atoms with Crippen LogP contribution in [0.3, 0.4) is 0 Å². The Bertz CT molecular complexity index is 978. The number of nitrogens with one attached hydrogen (secondary N) is 1. The van der Waals surface area contributed by atoms with Gasteiger partial charge in [-0.2, -0.15) is 0 Å². The Hall–Kier alpha value is -2.25. The molecule has 0 aliphatic carbocycles. The Morgan fingerprint density at radius 1 is 1.24 bits per heavy atom. The number of nitrogens with zero attached hydrogens (tertiary/aromatic N) is 1. The van der Waals surface area contributed by atoms with E-state index in [0.717, 1.165) is 16.1 Å². The van der Waals surface area contributed by atoms with Gasteiger partial charge in [-0.3, -0.25) is 9.10 Å². The van der Waals surface area contributed by atoms with E-state index in [-0.39, 0.29) is 6.04 Å². The van der Waals surface area contributed by atoms with Crippen LogP contribution >= 0.6 is 11.6 Å². The van der Waals surface area contributed by atoms with Gasteiger partial charge in [-0.1, -0.05) is 42.8 Å². The number of para-hydroxylation sites is 1. The quantitative estimate of drug-likeness (QED) is 0.673. The van der Waals surface area contributed by atoms with Crippen LogP contribution in [0.15, 0.2) is 42.5 Å². The second-order valence-electron chi connectivity index (χ2n) is 6.89. The van der Waals surface area contributed by atoms with Gasteiger partial charge in [0, 0.05) is 10.6 Å². The van der Waals surface area contributed by atoms with Gasteiger partial charge in [0.2, 0.25) is 15.9 Å². The topological polar surface area (TPSA) is 75.7 Å². The number of methoxy groups -OCH3 is 1. The van der Waals surface area contributed by atoms with Gasteiger partial charge in [0.25, 0.3) is 0 Å².